The Balaban J connectivity index is 1.91. The summed E-state index contributed by atoms with van der Waals surface area (Å²) in [5.41, 5.74) is -0.196. The van der Waals surface area contributed by atoms with Crippen LogP contribution in [-0.4, -0.2) is 73.3 Å². The topological polar surface area (TPSA) is 42.0 Å². The van der Waals surface area contributed by atoms with E-state index in [4.69, 9.17) is 9.47 Å². The monoisotopic (exact) mass is 298 g/mol. The van der Waals surface area contributed by atoms with Crippen LogP contribution in [0.25, 0.3) is 0 Å². The van der Waals surface area contributed by atoms with E-state index in [1.54, 1.807) is 0 Å². The van der Waals surface area contributed by atoms with Crippen molar-refractivity contribution in [2.24, 2.45) is 0 Å². The molecule has 2 atom stereocenters. The number of hydrogen-bond acceptors (Lipinski definition) is 4. The molecule has 0 aromatic rings. The fraction of sp³-hybridized carbons (Fsp3) is 0.938. The van der Waals surface area contributed by atoms with Gasteiger partial charge >= 0.3 is 0 Å². The van der Waals surface area contributed by atoms with Crippen LogP contribution in [0.15, 0.2) is 0 Å². The van der Waals surface area contributed by atoms with Crippen LogP contribution in [0.3, 0.4) is 0 Å². The van der Waals surface area contributed by atoms with Crippen molar-refractivity contribution < 1.29 is 14.3 Å². The quantitative estimate of drug-likeness (QED) is 0.745. The summed E-state index contributed by atoms with van der Waals surface area (Å²) in [5.74, 6) is 0.252. The average molecular weight is 298 g/mol. The predicted octanol–water partition coefficient (Wildman–Crippen LogP) is 1.51. The zero-order valence-corrected chi connectivity index (χ0v) is 13.8. The van der Waals surface area contributed by atoms with Gasteiger partial charge in [0, 0.05) is 39.2 Å². The second kappa shape index (κ2) is 7.56. The van der Waals surface area contributed by atoms with E-state index in [0.717, 1.165) is 52.0 Å². The molecule has 1 spiro atoms. The Labute approximate surface area is 128 Å². The zero-order chi connectivity index (χ0) is 15.3. The van der Waals surface area contributed by atoms with E-state index in [1.165, 1.54) is 0 Å². The summed E-state index contributed by atoms with van der Waals surface area (Å²) in [6, 6.07) is 0. The molecule has 2 saturated heterocycles. The summed E-state index contributed by atoms with van der Waals surface area (Å²) in [5, 5.41) is 0. The second-order valence-electron chi connectivity index (χ2n) is 6.27. The number of amides is 1. The summed E-state index contributed by atoms with van der Waals surface area (Å²) in [6.45, 7) is 11.7. The number of rotatable bonds is 6. The molecule has 0 bridgehead atoms. The van der Waals surface area contributed by atoms with Gasteiger partial charge in [-0.25, -0.2) is 0 Å². The standard InChI is InChI=1S/C16H30N2O3/c1-4-7-18(8-5-2)15(19)12-17-9-11-21-16(13-17)6-10-20-14(16)3/h14H,4-13H2,1-3H3. The third kappa shape index (κ3) is 3.96. The van der Waals surface area contributed by atoms with Gasteiger partial charge in [-0.2, -0.15) is 0 Å². The van der Waals surface area contributed by atoms with E-state index in [9.17, 15) is 4.79 Å². The third-order valence-electron chi connectivity index (χ3n) is 4.62. The van der Waals surface area contributed by atoms with Crippen molar-refractivity contribution in [3.8, 4) is 0 Å². The first-order valence-corrected chi connectivity index (χ1v) is 8.37. The molecule has 2 aliphatic rings. The van der Waals surface area contributed by atoms with Gasteiger partial charge in [0.25, 0.3) is 0 Å². The lowest BCUT2D eigenvalue weighted by atomic mass is 9.94. The Bertz CT molecular complexity index is 344. The molecule has 2 rings (SSSR count). The number of carbonyl (C=O) groups is 1. The molecule has 2 aliphatic heterocycles. The highest BCUT2D eigenvalue weighted by molar-refractivity contribution is 5.78. The van der Waals surface area contributed by atoms with Gasteiger partial charge in [0.05, 0.1) is 19.3 Å². The number of hydrogen-bond donors (Lipinski definition) is 0. The number of carbonyl (C=O) groups excluding carboxylic acids is 1. The molecule has 0 saturated carbocycles. The molecule has 0 N–H and O–H groups in total. The second-order valence-corrected chi connectivity index (χ2v) is 6.27. The van der Waals surface area contributed by atoms with Crippen molar-refractivity contribution in [3.63, 3.8) is 0 Å². The summed E-state index contributed by atoms with van der Waals surface area (Å²) >= 11 is 0. The van der Waals surface area contributed by atoms with Gasteiger partial charge in [0.2, 0.25) is 5.91 Å². The maximum absolute atomic E-state index is 12.5. The van der Waals surface area contributed by atoms with E-state index in [2.05, 4.69) is 25.7 Å². The summed E-state index contributed by atoms with van der Waals surface area (Å²) < 4.78 is 11.7. The molecule has 0 aromatic heterocycles. The molecule has 1 amide bonds. The minimum Gasteiger partial charge on any atom is -0.375 e. The van der Waals surface area contributed by atoms with Gasteiger partial charge in [-0.1, -0.05) is 13.8 Å². The van der Waals surface area contributed by atoms with Crippen LogP contribution in [-0.2, 0) is 14.3 Å². The van der Waals surface area contributed by atoms with E-state index in [-0.39, 0.29) is 17.6 Å². The van der Waals surface area contributed by atoms with Crippen molar-refractivity contribution >= 4 is 5.91 Å². The lowest BCUT2D eigenvalue weighted by molar-refractivity contribution is -0.148. The molecule has 5 nitrogen and oxygen atoms in total. The fourth-order valence-electron chi connectivity index (χ4n) is 3.37. The molecular weight excluding hydrogens is 268 g/mol. The van der Waals surface area contributed by atoms with Crippen LogP contribution in [0.1, 0.15) is 40.0 Å². The van der Waals surface area contributed by atoms with Crippen LogP contribution < -0.4 is 0 Å². The Morgan fingerprint density at radius 3 is 2.57 bits per heavy atom. The van der Waals surface area contributed by atoms with Crippen LogP contribution in [0, 0.1) is 0 Å². The Morgan fingerprint density at radius 1 is 1.29 bits per heavy atom. The fourth-order valence-corrected chi connectivity index (χ4v) is 3.37. The largest absolute Gasteiger partial charge is 0.375 e. The van der Waals surface area contributed by atoms with Crippen LogP contribution >= 0.6 is 0 Å². The Kier molecular flexibility index (Phi) is 6.02. The smallest absolute Gasteiger partial charge is 0.236 e. The first-order chi connectivity index (χ1) is 10.1. The minimum atomic E-state index is -0.196. The van der Waals surface area contributed by atoms with Gasteiger partial charge in [0.1, 0.15) is 5.60 Å². The number of morpholine rings is 1. The molecule has 0 aliphatic carbocycles. The lowest BCUT2D eigenvalue weighted by Crippen LogP contribution is -2.57. The number of ether oxygens (including phenoxy) is 2. The normalized spacial score (nSPS) is 30.0. The average Bonchev–Trinajstić information content (AvgIpc) is 2.79. The summed E-state index contributed by atoms with van der Waals surface area (Å²) in [4.78, 5) is 16.7. The molecule has 21 heavy (non-hydrogen) atoms. The maximum atomic E-state index is 12.5. The molecule has 5 heteroatoms. The zero-order valence-electron chi connectivity index (χ0n) is 13.8. The summed E-state index contributed by atoms with van der Waals surface area (Å²) in [7, 11) is 0. The Morgan fingerprint density at radius 2 is 2.00 bits per heavy atom. The summed E-state index contributed by atoms with van der Waals surface area (Å²) in [6.07, 6.45) is 3.09. The molecule has 2 unspecified atom stereocenters. The van der Waals surface area contributed by atoms with Gasteiger partial charge in [-0.3, -0.25) is 9.69 Å². The van der Waals surface area contributed by atoms with Crippen molar-refractivity contribution in [2.75, 3.05) is 45.9 Å². The molecule has 2 fully saturated rings. The highest BCUT2D eigenvalue weighted by Crippen LogP contribution is 2.32. The lowest BCUT2D eigenvalue weighted by Gasteiger charge is -2.42. The molecule has 0 aromatic carbocycles. The van der Waals surface area contributed by atoms with Crippen molar-refractivity contribution in [3.05, 3.63) is 0 Å². The van der Waals surface area contributed by atoms with Crippen molar-refractivity contribution in [1.29, 1.82) is 0 Å². The van der Waals surface area contributed by atoms with E-state index < -0.39 is 0 Å². The van der Waals surface area contributed by atoms with Crippen molar-refractivity contribution in [1.82, 2.24) is 9.80 Å². The first kappa shape index (κ1) is 16.7. The maximum Gasteiger partial charge on any atom is 0.236 e. The molecule has 0 radical (unpaired) electrons. The van der Waals surface area contributed by atoms with Crippen LogP contribution in [0.5, 0.6) is 0 Å². The molecule has 122 valence electrons. The van der Waals surface area contributed by atoms with E-state index in [0.29, 0.717) is 13.2 Å². The molecular formula is C16H30N2O3. The van der Waals surface area contributed by atoms with Crippen LogP contribution in [0.2, 0.25) is 0 Å². The van der Waals surface area contributed by atoms with Gasteiger partial charge < -0.3 is 14.4 Å². The SMILES string of the molecule is CCCN(CCC)C(=O)CN1CCOC2(CCOC2C)C1. The van der Waals surface area contributed by atoms with E-state index >= 15 is 0 Å². The van der Waals surface area contributed by atoms with Gasteiger partial charge in [-0.15, -0.1) is 0 Å². The Hall–Kier alpha value is -0.650. The minimum absolute atomic E-state index is 0.123. The van der Waals surface area contributed by atoms with Gasteiger partial charge in [-0.05, 0) is 19.8 Å². The third-order valence-corrected chi connectivity index (χ3v) is 4.62. The first-order valence-electron chi connectivity index (χ1n) is 8.37. The van der Waals surface area contributed by atoms with Crippen molar-refractivity contribution in [2.45, 2.75) is 51.7 Å². The van der Waals surface area contributed by atoms with Crippen LogP contribution in [0.4, 0.5) is 0 Å². The highest BCUT2D eigenvalue weighted by atomic mass is 16.6. The van der Waals surface area contributed by atoms with E-state index in [1.807, 2.05) is 4.90 Å². The van der Waals surface area contributed by atoms with Gasteiger partial charge in [0.15, 0.2) is 0 Å². The highest BCUT2D eigenvalue weighted by Gasteiger charge is 2.46. The number of nitrogens with zero attached hydrogens (tertiary/aromatic N) is 2. The molecule has 2 heterocycles. The predicted molar refractivity (Wildman–Crippen MR) is 82.3 cm³/mol.